The maximum Gasteiger partial charge on any atom is 0.264 e. The van der Waals surface area contributed by atoms with Gasteiger partial charge in [0.05, 0.1) is 12.0 Å². The lowest BCUT2D eigenvalue weighted by Gasteiger charge is -2.23. The van der Waals surface area contributed by atoms with Gasteiger partial charge in [0.25, 0.3) is 5.91 Å². The van der Waals surface area contributed by atoms with E-state index in [1.807, 2.05) is 23.4 Å². The first kappa shape index (κ1) is 15.3. The minimum Gasteiger partial charge on any atom is -0.496 e. The van der Waals surface area contributed by atoms with E-state index in [9.17, 15) is 4.79 Å². The van der Waals surface area contributed by atoms with E-state index in [1.165, 1.54) is 11.3 Å². The number of likely N-dealkylation sites (tertiary alicyclic amines) is 1. The van der Waals surface area contributed by atoms with Crippen molar-refractivity contribution in [3.8, 4) is 5.75 Å². The summed E-state index contributed by atoms with van der Waals surface area (Å²) in [7, 11) is 3.55. The van der Waals surface area contributed by atoms with Crippen LogP contribution in [0, 0.1) is 0 Å². The van der Waals surface area contributed by atoms with Gasteiger partial charge in [-0.2, -0.15) is 0 Å². The van der Waals surface area contributed by atoms with E-state index in [2.05, 4.69) is 5.32 Å². The van der Waals surface area contributed by atoms with Gasteiger partial charge in [-0.15, -0.1) is 23.7 Å². The average molecular weight is 291 g/mol. The highest BCUT2D eigenvalue weighted by atomic mass is 35.5. The standard InChI is InChI=1S/C12H18N2O2S.ClH/c1-13-7-9-4-3-5-14(9)12(15)11-6-10(16-2)8-17-11;/h6,8-9,13H,3-5,7H2,1-2H3;1H. The monoisotopic (exact) mass is 290 g/mol. The third-order valence-corrected chi connectivity index (χ3v) is 4.00. The van der Waals surface area contributed by atoms with Gasteiger partial charge in [-0.1, -0.05) is 0 Å². The number of likely N-dealkylation sites (N-methyl/N-ethyl adjacent to an activating group) is 1. The molecule has 102 valence electrons. The van der Waals surface area contributed by atoms with Crippen LogP contribution in [0.15, 0.2) is 11.4 Å². The van der Waals surface area contributed by atoms with E-state index in [1.54, 1.807) is 7.11 Å². The molecule has 0 aromatic carbocycles. The number of nitrogens with zero attached hydrogens (tertiary/aromatic N) is 1. The Balaban J connectivity index is 0.00000162. The van der Waals surface area contributed by atoms with Gasteiger partial charge in [0.1, 0.15) is 5.75 Å². The molecule has 1 aromatic rings. The minimum absolute atomic E-state index is 0. The molecule has 1 N–H and O–H groups in total. The molecular formula is C12H19ClN2O2S. The average Bonchev–Trinajstić information content (AvgIpc) is 2.97. The largest absolute Gasteiger partial charge is 0.496 e. The number of carbonyl (C=O) groups excluding carboxylic acids is 1. The van der Waals surface area contributed by atoms with Gasteiger partial charge >= 0.3 is 0 Å². The molecule has 1 aliphatic rings. The summed E-state index contributed by atoms with van der Waals surface area (Å²) in [5.41, 5.74) is 0. The molecule has 2 rings (SSSR count). The Morgan fingerprint density at radius 2 is 2.44 bits per heavy atom. The van der Waals surface area contributed by atoms with Crippen molar-refractivity contribution < 1.29 is 9.53 Å². The Bertz CT molecular complexity index is 397. The Morgan fingerprint density at radius 3 is 3.06 bits per heavy atom. The summed E-state index contributed by atoms with van der Waals surface area (Å²) in [6.45, 7) is 1.74. The Hall–Kier alpha value is -0.780. The summed E-state index contributed by atoms with van der Waals surface area (Å²) >= 11 is 1.45. The SMILES string of the molecule is CNCC1CCCN1C(=O)c1cc(OC)cs1.Cl. The number of hydrogen-bond acceptors (Lipinski definition) is 4. The number of nitrogens with one attached hydrogen (secondary N) is 1. The van der Waals surface area contributed by atoms with Crippen molar-refractivity contribution in [1.29, 1.82) is 0 Å². The van der Waals surface area contributed by atoms with Crippen LogP contribution in [0.1, 0.15) is 22.5 Å². The molecule has 18 heavy (non-hydrogen) atoms. The lowest BCUT2D eigenvalue weighted by Crippen LogP contribution is -2.40. The van der Waals surface area contributed by atoms with Crippen molar-refractivity contribution in [3.63, 3.8) is 0 Å². The third kappa shape index (κ3) is 3.16. The fourth-order valence-corrected chi connectivity index (χ4v) is 3.04. The number of methoxy groups -OCH3 is 1. The van der Waals surface area contributed by atoms with Crippen molar-refractivity contribution in [2.45, 2.75) is 18.9 Å². The molecule has 0 bridgehead atoms. The molecule has 1 saturated heterocycles. The van der Waals surface area contributed by atoms with E-state index in [-0.39, 0.29) is 18.3 Å². The number of ether oxygens (including phenoxy) is 1. The van der Waals surface area contributed by atoms with Crippen LogP contribution < -0.4 is 10.1 Å². The van der Waals surface area contributed by atoms with Crippen molar-refractivity contribution in [2.24, 2.45) is 0 Å². The van der Waals surface area contributed by atoms with E-state index in [4.69, 9.17) is 4.74 Å². The van der Waals surface area contributed by atoms with Crippen LogP contribution in [0.4, 0.5) is 0 Å². The zero-order chi connectivity index (χ0) is 12.3. The first-order chi connectivity index (χ1) is 8.26. The van der Waals surface area contributed by atoms with Gasteiger partial charge in [0.15, 0.2) is 0 Å². The Kier molecular flexibility index (Phi) is 5.91. The highest BCUT2D eigenvalue weighted by molar-refractivity contribution is 7.12. The number of rotatable bonds is 4. The molecule has 1 amide bonds. The summed E-state index contributed by atoms with van der Waals surface area (Å²) in [6, 6.07) is 2.16. The third-order valence-electron chi connectivity index (χ3n) is 3.10. The molecule has 0 spiro atoms. The number of thiophene rings is 1. The molecular weight excluding hydrogens is 272 g/mol. The summed E-state index contributed by atoms with van der Waals surface area (Å²) in [6.07, 6.45) is 2.19. The highest BCUT2D eigenvalue weighted by Gasteiger charge is 2.29. The summed E-state index contributed by atoms with van der Waals surface area (Å²) in [5.74, 6) is 0.902. The summed E-state index contributed by atoms with van der Waals surface area (Å²) in [5, 5.41) is 5.02. The molecule has 0 saturated carbocycles. The van der Waals surface area contributed by atoms with Gasteiger partial charge in [-0.3, -0.25) is 4.79 Å². The van der Waals surface area contributed by atoms with Crippen LogP contribution in [-0.2, 0) is 0 Å². The summed E-state index contributed by atoms with van der Waals surface area (Å²) < 4.78 is 5.11. The number of carbonyl (C=O) groups is 1. The minimum atomic E-state index is 0. The van der Waals surface area contributed by atoms with Crippen LogP contribution in [0.3, 0.4) is 0 Å². The molecule has 1 unspecified atom stereocenters. The van der Waals surface area contributed by atoms with E-state index < -0.39 is 0 Å². The molecule has 1 atom stereocenters. The second-order valence-electron chi connectivity index (χ2n) is 4.20. The number of amides is 1. The Morgan fingerprint density at radius 1 is 1.67 bits per heavy atom. The molecule has 2 heterocycles. The van der Waals surface area contributed by atoms with Gasteiger partial charge in [0.2, 0.25) is 0 Å². The van der Waals surface area contributed by atoms with E-state index in [0.29, 0.717) is 6.04 Å². The van der Waals surface area contributed by atoms with Gasteiger partial charge in [-0.05, 0) is 19.9 Å². The zero-order valence-electron chi connectivity index (χ0n) is 10.6. The predicted octanol–water partition coefficient (Wildman–Crippen LogP) is 2.00. The second-order valence-corrected chi connectivity index (χ2v) is 5.11. The van der Waals surface area contributed by atoms with Crippen molar-refractivity contribution in [3.05, 3.63) is 16.3 Å². The van der Waals surface area contributed by atoms with E-state index in [0.717, 1.165) is 36.6 Å². The van der Waals surface area contributed by atoms with Crippen LogP contribution in [0.2, 0.25) is 0 Å². The molecule has 1 aliphatic heterocycles. The lowest BCUT2D eigenvalue weighted by molar-refractivity contribution is 0.0741. The second kappa shape index (κ2) is 6.97. The quantitative estimate of drug-likeness (QED) is 0.922. The van der Waals surface area contributed by atoms with Gasteiger partial charge < -0.3 is 15.0 Å². The molecule has 0 radical (unpaired) electrons. The first-order valence-corrected chi connectivity index (χ1v) is 6.72. The Labute approximate surface area is 118 Å². The van der Waals surface area contributed by atoms with Gasteiger partial charge in [0, 0.05) is 30.6 Å². The fraction of sp³-hybridized carbons (Fsp3) is 0.583. The van der Waals surface area contributed by atoms with Crippen LogP contribution in [0.25, 0.3) is 0 Å². The van der Waals surface area contributed by atoms with Crippen molar-refractivity contribution in [2.75, 3.05) is 27.2 Å². The maximum atomic E-state index is 12.3. The van der Waals surface area contributed by atoms with Crippen molar-refractivity contribution in [1.82, 2.24) is 10.2 Å². The first-order valence-electron chi connectivity index (χ1n) is 5.84. The molecule has 1 fully saturated rings. The van der Waals surface area contributed by atoms with E-state index >= 15 is 0 Å². The van der Waals surface area contributed by atoms with Gasteiger partial charge in [-0.25, -0.2) is 0 Å². The predicted molar refractivity (Wildman–Crippen MR) is 76.1 cm³/mol. The van der Waals surface area contributed by atoms with Crippen LogP contribution in [0.5, 0.6) is 5.75 Å². The molecule has 0 aliphatic carbocycles. The van der Waals surface area contributed by atoms with Crippen molar-refractivity contribution >= 4 is 29.7 Å². The van der Waals surface area contributed by atoms with Crippen LogP contribution in [-0.4, -0.2) is 44.1 Å². The fourth-order valence-electron chi connectivity index (χ4n) is 2.23. The normalized spacial score (nSPS) is 18.6. The van der Waals surface area contributed by atoms with Crippen LogP contribution >= 0.6 is 23.7 Å². The highest BCUT2D eigenvalue weighted by Crippen LogP contribution is 2.26. The molecule has 1 aromatic heterocycles. The number of halogens is 1. The smallest absolute Gasteiger partial charge is 0.264 e. The topological polar surface area (TPSA) is 41.6 Å². The maximum absolute atomic E-state index is 12.3. The molecule has 4 nitrogen and oxygen atoms in total. The number of hydrogen-bond donors (Lipinski definition) is 1. The zero-order valence-corrected chi connectivity index (χ0v) is 12.3. The lowest BCUT2D eigenvalue weighted by atomic mass is 10.2. The molecule has 6 heteroatoms. The summed E-state index contributed by atoms with van der Waals surface area (Å²) in [4.78, 5) is 15.1.